The highest BCUT2D eigenvalue weighted by atomic mass is 16.5. The van der Waals surface area contributed by atoms with Gasteiger partial charge in [-0.1, -0.05) is 0 Å². The topological polar surface area (TPSA) is 79.7 Å². The van der Waals surface area contributed by atoms with Crippen LogP contribution in [0.3, 0.4) is 0 Å². The van der Waals surface area contributed by atoms with E-state index in [0.29, 0.717) is 5.75 Å². The van der Waals surface area contributed by atoms with Crippen LogP contribution in [0.1, 0.15) is 33.8 Å². The Morgan fingerprint density at radius 2 is 1.94 bits per heavy atom. The van der Waals surface area contributed by atoms with Gasteiger partial charge in [-0.3, -0.25) is 4.79 Å². The summed E-state index contributed by atoms with van der Waals surface area (Å²) in [5.74, 6) is -1.14. The molecule has 6 nitrogen and oxygen atoms in total. The maximum atomic E-state index is 11.8. The van der Waals surface area contributed by atoms with E-state index in [2.05, 4.69) is 4.98 Å². The van der Waals surface area contributed by atoms with E-state index in [0.717, 1.165) is 12.8 Å². The molecule has 1 aromatic rings. The monoisotopic (exact) mass is 250 g/mol. The summed E-state index contributed by atoms with van der Waals surface area (Å²) in [7, 11) is 3.16. The first-order valence-electron chi connectivity index (χ1n) is 5.61. The normalized spacial score (nSPS) is 14.1. The van der Waals surface area contributed by atoms with Crippen LogP contribution in [0, 0.1) is 0 Å². The first-order chi connectivity index (χ1) is 8.47. The van der Waals surface area contributed by atoms with Gasteiger partial charge in [-0.05, 0) is 12.8 Å². The first-order valence-corrected chi connectivity index (χ1v) is 5.61. The molecule has 0 aromatic carbocycles. The van der Waals surface area contributed by atoms with Gasteiger partial charge in [-0.15, -0.1) is 0 Å². The summed E-state index contributed by atoms with van der Waals surface area (Å²) in [5.41, 5.74) is -0.103. The van der Waals surface area contributed by atoms with Gasteiger partial charge in [-0.2, -0.15) is 0 Å². The van der Waals surface area contributed by atoms with Gasteiger partial charge in [-0.25, -0.2) is 9.78 Å². The Hall–Kier alpha value is -2.11. The quantitative estimate of drug-likeness (QED) is 0.863. The fourth-order valence-corrected chi connectivity index (χ4v) is 1.40. The van der Waals surface area contributed by atoms with Gasteiger partial charge in [0.25, 0.3) is 5.91 Å². The van der Waals surface area contributed by atoms with Crippen LogP contribution in [-0.4, -0.2) is 47.1 Å². The van der Waals surface area contributed by atoms with Gasteiger partial charge >= 0.3 is 5.97 Å². The zero-order valence-corrected chi connectivity index (χ0v) is 10.2. The molecule has 6 heteroatoms. The van der Waals surface area contributed by atoms with E-state index in [1.807, 2.05) is 0 Å². The molecule has 96 valence electrons. The Morgan fingerprint density at radius 3 is 2.44 bits per heavy atom. The minimum Gasteiger partial charge on any atom is -0.490 e. The van der Waals surface area contributed by atoms with Gasteiger partial charge in [0.05, 0.1) is 6.10 Å². The zero-order chi connectivity index (χ0) is 13.3. The highest BCUT2D eigenvalue weighted by Gasteiger charge is 2.25. The number of carbonyl (C=O) groups is 2. The SMILES string of the molecule is CN(C)C(=O)c1cc(OC2CC2)cc(C(=O)O)n1. The minimum absolute atomic E-state index is 0.0792. The molecular weight excluding hydrogens is 236 g/mol. The van der Waals surface area contributed by atoms with Crippen LogP contribution in [-0.2, 0) is 0 Å². The molecule has 0 bridgehead atoms. The second kappa shape index (κ2) is 4.64. The number of amides is 1. The number of hydrogen-bond donors (Lipinski definition) is 1. The second-order valence-electron chi connectivity index (χ2n) is 4.40. The third-order valence-electron chi connectivity index (χ3n) is 2.47. The van der Waals surface area contributed by atoms with Crippen LogP contribution in [0.2, 0.25) is 0 Å². The Balaban J connectivity index is 2.35. The minimum atomic E-state index is -1.18. The number of hydrogen-bond acceptors (Lipinski definition) is 4. The van der Waals surface area contributed by atoms with Crippen LogP contribution >= 0.6 is 0 Å². The number of nitrogens with zero attached hydrogens (tertiary/aromatic N) is 2. The van der Waals surface area contributed by atoms with Crippen molar-refractivity contribution in [2.45, 2.75) is 18.9 Å². The molecule has 1 aromatic heterocycles. The lowest BCUT2D eigenvalue weighted by Crippen LogP contribution is -2.23. The molecule has 1 aliphatic carbocycles. The number of rotatable bonds is 4. The predicted molar refractivity (Wildman–Crippen MR) is 62.9 cm³/mol. The second-order valence-corrected chi connectivity index (χ2v) is 4.40. The largest absolute Gasteiger partial charge is 0.490 e. The smallest absolute Gasteiger partial charge is 0.354 e. The summed E-state index contributed by atoms with van der Waals surface area (Å²) >= 11 is 0. The van der Waals surface area contributed by atoms with Gasteiger partial charge in [0.1, 0.15) is 11.4 Å². The van der Waals surface area contributed by atoms with Crippen molar-refractivity contribution in [1.29, 1.82) is 0 Å². The molecule has 0 radical (unpaired) electrons. The molecule has 1 heterocycles. The number of carbonyl (C=O) groups excluding carboxylic acids is 1. The standard InChI is InChI=1S/C12H14N2O4/c1-14(2)11(15)9-5-8(18-7-3-4-7)6-10(13-9)12(16)17/h5-7H,3-4H2,1-2H3,(H,16,17). The maximum absolute atomic E-state index is 11.8. The van der Waals surface area contributed by atoms with Crippen molar-refractivity contribution < 1.29 is 19.4 Å². The van der Waals surface area contributed by atoms with Gasteiger partial charge < -0.3 is 14.7 Å². The van der Waals surface area contributed by atoms with Crippen molar-refractivity contribution in [1.82, 2.24) is 9.88 Å². The van der Waals surface area contributed by atoms with Gasteiger partial charge in [0, 0.05) is 26.2 Å². The van der Waals surface area contributed by atoms with E-state index in [1.165, 1.54) is 17.0 Å². The average Bonchev–Trinajstić information content (AvgIpc) is 3.11. The molecule has 0 atom stereocenters. The van der Waals surface area contributed by atoms with E-state index in [4.69, 9.17) is 9.84 Å². The lowest BCUT2D eigenvalue weighted by molar-refractivity contribution is 0.0689. The molecule has 1 N–H and O–H groups in total. The van der Waals surface area contributed by atoms with Crippen LogP contribution < -0.4 is 4.74 Å². The summed E-state index contributed by atoms with van der Waals surface area (Å²) in [6, 6.07) is 2.82. The number of carboxylic acids is 1. The summed E-state index contributed by atoms with van der Waals surface area (Å²) in [5, 5.41) is 8.96. The number of pyridine rings is 1. The Kier molecular flexibility index (Phi) is 3.18. The van der Waals surface area contributed by atoms with Crippen molar-refractivity contribution in [3.8, 4) is 5.75 Å². The lowest BCUT2D eigenvalue weighted by atomic mass is 10.2. The fraction of sp³-hybridized carbons (Fsp3) is 0.417. The summed E-state index contributed by atoms with van der Waals surface area (Å²) in [6.07, 6.45) is 2.06. The molecule has 1 amide bonds. The zero-order valence-electron chi connectivity index (χ0n) is 10.2. The molecule has 0 unspecified atom stereocenters. The van der Waals surface area contributed by atoms with Crippen molar-refractivity contribution in [2.75, 3.05) is 14.1 Å². The van der Waals surface area contributed by atoms with Crippen LogP contribution in [0.4, 0.5) is 0 Å². The van der Waals surface area contributed by atoms with E-state index in [1.54, 1.807) is 14.1 Å². The molecule has 2 rings (SSSR count). The van der Waals surface area contributed by atoms with Crippen molar-refractivity contribution in [3.63, 3.8) is 0 Å². The van der Waals surface area contributed by atoms with Gasteiger partial charge in [0.15, 0.2) is 5.69 Å². The average molecular weight is 250 g/mol. The summed E-state index contributed by atoms with van der Waals surface area (Å²) < 4.78 is 5.51. The Labute approximate surface area is 104 Å². The third-order valence-corrected chi connectivity index (χ3v) is 2.47. The molecule has 0 aliphatic heterocycles. The lowest BCUT2D eigenvalue weighted by Gasteiger charge is -2.12. The van der Waals surface area contributed by atoms with Crippen LogP contribution in [0.15, 0.2) is 12.1 Å². The predicted octanol–water partition coefficient (Wildman–Crippen LogP) is 1.02. The van der Waals surface area contributed by atoms with E-state index >= 15 is 0 Å². The molecule has 0 saturated heterocycles. The highest BCUT2D eigenvalue weighted by Crippen LogP contribution is 2.27. The summed E-state index contributed by atoms with van der Waals surface area (Å²) in [6.45, 7) is 0. The number of ether oxygens (including phenoxy) is 1. The van der Waals surface area contributed by atoms with Crippen LogP contribution in [0.5, 0.6) is 5.75 Å². The third kappa shape index (κ3) is 2.77. The molecule has 1 fully saturated rings. The number of aromatic nitrogens is 1. The molecule has 0 spiro atoms. The fourth-order valence-electron chi connectivity index (χ4n) is 1.40. The van der Waals surface area contributed by atoms with E-state index in [9.17, 15) is 9.59 Å². The maximum Gasteiger partial charge on any atom is 0.354 e. The van der Waals surface area contributed by atoms with Crippen LogP contribution in [0.25, 0.3) is 0 Å². The first kappa shape index (κ1) is 12.3. The molecule has 1 saturated carbocycles. The molecular formula is C12H14N2O4. The van der Waals surface area contributed by atoms with Crippen molar-refractivity contribution in [3.05, 3.63) is 23.5 Å². The summed E-state index contributed by atoms with van der Waals surface area (Å²) in [4.78, 5) is 27.9. The van der Waals surface area contributed by atoms with Gasteiger partial charge in [0.2, 0.25) is 0 Å². The molecule has 1 aliphatic rings. The Bertz CT molecular complexity index is 495. The Morgan fingerprint density at radius 1 is 1.33 bits per heavy atom. The van der Waals surface area contributed by atoms with Crippen molar-refractivity contribution >= 4 is 11.9 Å². The number of carboxylic acid groups (broad SMARTS) is 1. The van der Waals surface area contributed by atoms with E-state index in [-0.39, 0.29) is 23.4 Å². The highest BCUT2D eigenvalue weighted by molar-refractivity contribution is 5.94. The molecule has 18 heavy (non-hydrogen) atoms. The number of aromatic carboxylic acids is 1. The van der Waals surface area contributed by atoms with E-state index < -0.39 is 5.97 Å². The van der Waals surface area contributed by atoms with Crippen molar-refractivity contribution in [2.24, 2.45) is 0 Å².